The number of carboxylic acid groups (broad SMARTS) is 1. The summed E-state index contributed by atoms with van der Waals surface area (Å²) in [6, 6.07) is 7.81. The number of carbonyl (C=O) groups excluding carboxylic acids is 2. The number of furan rings is 1. The molecule has 0 saturated carbocycles. The summed E-state index contributed by atoms with van der Waals surface area (Å²) in [6.07, 6.45) is 1.37. The Morgan fingerprint density at radius 2 is 1.95 bits per heavy atom. The van der Waals surface area contributed by atoms with E-state index >= 15 is 0 Å². The van der Waals surface area contributed by atoms with Crippen LogP contribution in [-0.2, 0) is 11.2 Å². The molecular weight excluding hydrogens is 262 g/mol. The number of benzene rings is 1. The van der Waals surface area contributed by atoms with Crippen molar-refractivity contribution < 1.29 is 24.2 Å². The lowest BCUT2D eigenvalue weighted by Crippen LogP contribution is -2.49. The van der Waals surface area contributed by atoms with Gasteiger partial charge in [0.1, 0.15) is 5.75 Å². The lowest BCUT2D eigenvalue weighted by atomic mass is 10.1. The molecule has 6 nitrogen and oxygen atoms in total. The third kappa shape index (κ3) is 3.38. The molecular formula is C14H12NO5-. The summed E-state index contributed by atoms with van der Waals surface area (Å²) < 4.78 is 4.88. The number of phenolic OH excluding ortho intramolecular Hbond substituents is 1. The second-order valence-electron chi connectivity index (χ2n) is 4.19. The third-order valence-corrected chi connectivity index (χ3v) is 2.71. The standard InChI is InChI=1S/C14H13NO5/c16-10-5-3-9(4-6-10)8-11(14(18)19)15-13(17)12-2-1-7-20-12/h1-7,11,16H,8H2,(H,15,17)(H,18,19)/p-1/t11-/m1/s1. The van der Waals surface area contributed by atoms with E-state index in [-0.39, 0.29) is 17.9 Å². The van der Waals surface area contributed by atoms with Crippen molar-refractivity contribution in [1.82, 2.24) is 5.32 Å². The molecule has 0 aliphatic rings. The van der Waals surface area contributed by atoms with Gasteiger partial charge in [-0.1, -0.05) is 12.1 Å². The second kappa shape index (κ2) is 5.92. The first-order chi connectivity index (χ1) is 9.56. The van der Waals surface area contributed by atoms with Crippen LogP contribution in [0.5, 0.6) is 5.75 Å². The van der Waals surface area contributed by atoms with Gasteiger partial charge in [-0.15, -0.1) is 0 Å². The maximum Gasteiger partial charge on any atom is 0.287 e. The van der Waals surface area contributed by atoms with Crippen molar-refractivity contribution in [3.63, 3.8) is 0 Å². The quantitative estimate of drug-likeness (QED) is 0.803. The van der Waals surface area contributed by atoms with Gasteiger partial charge in [0.25, 0.3) is 5.91 Å². The van der Waals surface area contributed by atoms with Crippen LogP contribution in [0.2, 0.25) is 0 Å². The molecule has 1 heterocycles. The van der Waals surface area contributed by atoms with Crippen LogP contribution in [0, 0.1) is 0 Å². The van der Waals surface area contributed by atoms with Crippen LogP contribution < -0.4 is 10.4 Å². The summed E-state index contributed by atoms with van der Waals surface area (Å²) in [6.45, 7) is 0. The number of aromatic hydroxyl groups is 1. The monoisotopic (exact) mass is 274 g/mol. The van der Waals surface area contributed by atoms with Gasteiger partial charge in [-0.05, 0) is 36.2 Å². The smallest absolute Gasteiger partial charge is 0.287 e. The Labute approximate surface area is 114 Å². The molecule has 0 spiro atoms. The molecule has 1 atom stereocenters. The van der Waals surface area contributed by atoms with Crippen molar-refractivity contribution in [2.45, 2.75) is 12.5 Å². The molecule has 1 aromatic carbocycles. The van der Waals surface area contributed by atoms with Gasteiger partial charge in [0.15, 0.2) is 5.76 Å². The fourth-order valence-electron chi connectivity index (χ4n) is 1.70. The molecule has 0 aliphatic heterocycles. The highest BCUT2D eigenvalue weighted by Gasteiger charge is 2.17. The van der Waals surface area contributed by atoms with Gasteiger partial charge in [0.05, 0.1) is 18.3 Å². The van der Waals surface area contributed by atoms with Crippen molar-refractivity contribution in [3.05, 3.63) is 54.0 Å². The van der Waals surface area contributed by atoms with Crippen LogP contribution in [0.4, 0.5) is 0 Å². The summed E-state index contributed by atoms with van der Waals surface area (Å²) in [5.74, 6) is -1.90. The molecule has 104 valence electrons. The Kier molecular flexibility index (Phi) is 4.05. The second-order valence-corrected chi connectivity index (χ2v) is 4.19. The Morgan fingerprint density at radius 1 is 1.25 bits per heavy atom. The normalized spacial score (nSPS) is 11.8. The number of hydrogen-bond donors (Lipinski definition) is 2. The van der Waals surface area contributed by atoms with Gasteiger partial charge in [0, 0.05) is 0 Å². The fourth-order valence-corrected chi connectivity index (χ4v) is 1.70. The average Bonchev–Trinajstić information content (AvgIpc) is 2.94. The molecule has 0 fully saturated rings. The van der Waals surface area contributed by atoms with Crippen molar-refractivity contribution in [2.24, 2.45) is 0 Å². The molecule has 0 saturated heterocycles. The van der Waals surface area contributed by atoms with E-state index in [4.69, 9.17) is 9.52 Å². The number of aliphatic carboxylic acids is 1. The molecule has 2 aromatic rings. The number of nitrogens with one attached hydrogen (secondary N) is 1. The summed E-state index contributed by atoms with van der Waals surface area (Å²) in [5.41, 5.74) is 0.650. The minimum absolute atomic E-state index is 0.0296. The Balaban J connectivity index is 2.06. The predicted molar refractivity (Wildman–Crippen MR) is 66.8 cm³/mol. The van der Waals surface area contributed by atoms with Crippen molar-refractivity contribution >= 4 is 11.9 Å². The van der Waals surface area contributed by atoms with Gasteiger partial charge in [-0.25, -0.2) is 0 Å². The maximum atomic E-state index is 11.7. The summed E-state index contributed by atoms with van der Waals surface area (Å²) in [5, 5.41) is 22.6. The first kappa shape index (κ1) is 13.7. The number of carboxylic acids is 1. The molecule has 2 rings (SSSR count). The summed E-state index contributed by atoms with van der Waals surface area (Å²) >= 11 is 0. The van der Waals surface area contributed by atoms with Crippen molar-refractivity contribution in [1.29, 1.82) is 0 Å². The molecule has 1 amide bonds. The highest BCUT2D eigenvalue weighted by atomic mass is 16.4. The van der Waals surface area contributed by atoms with Crippen LogP contribution in [0.25, 0.3) is 0 Å². The number of carbonyl (C=O) groups is 2. The van der Waals surface area contributed by atoms with Crippen molar-refractivity contribution in [2.75, 3.05) is 0 Å². The first-order valence-electron chi connectivity index (χ1n) is 5.89. The number of phenols is 1. The van der Waals surface area contributed by atoms with E-state index in [9.17, 15) is 14.7 Å². The zero-order valence-corrected chi connectivity index (χ0v) is 10.4. The largest absolute Gasteiger partial charge is 0.548 e. The predicted octanol–water partition coefficient (Wildman–Crippen LogP) is 0.0762. The number of amides is 1. The van der Waals surface area contributed by atoms with Gasteiger partial charge in [-0.3, -0.25) is 4.79 Å². The zero-order valence-electron chi connectivity index (χ0n) is 10.4. The van der Waals surface area contributed by atoms with Crippen molar-refractivity contribution in [3.8, 4) is 5.75 Å². The summed E-state index contributed by atoms with van der Waals surface area (Å²) in [4.78, 5) is 22.8. The molecule has 20 heavy (non-hydrogen) atoms. The topological polar surface area (TPSA) is 103 Å². The van der Waals surface area contributed by atoms with E-state index in [0.717, 1.165) is 0 Å². The minimum atomic E-state index is -1.39. The molecule has 0 bridgehead atoms. The van der Waals surface area contributed by atoms with E-state index in [1.165, 1.54) is 30.5 Å². The Morgan fingerprint density at radius 3 is 2.50 bits per heavy atom. The Hall–Kier alpha value is -2.76. The zero-order chi connectivity index (χ0) is 14.5. The van der Waals surface area contributed by atoms with Gasteiger partial charge in [-0.2, -0.15) is 0 Å². The van der Waals surface area contributed by atoms with E-state index < -0.39 is 17.9 Å². The molecule has 2 N–H and O–H groups in total. The third-order valence-electron chi connectivity index (χ3n) is 2.71. The lowest BCUT2D eigenvalue weighted by Gasteiger charge is -2.19. The van der Waals surface area contributed by atoms with Crippen LogP contribution in [0.3, 0.4) is 0 Å². The number of rotatable bonds is 5. The maximum absolute atomic E-state index is 11.7. The molecule has 0 unspecified atom stereocenters. The van der Waals surface area contributed by atoms with Gasteiger partial charge < -0.3 is 24.7 Å². The highest BCUT2D eigenvalue weighted by molar-refractivity contribution is 5.94. The molecule has 0 aliphatic carbocycles. The van der Waals surface area contributed by atoms with Crippen LogP contribution >= 0.6 is 0 Å². The van der Waals surface area contributed by atoms with Crippen LogP contribution in [-0.4, -0.2) is 23.0 Å². The molecule has 6 heteroatoms. The van der Waals surface area contributed by atoms with Crippen LogP contribution in [0.15, 0.2) is 47.1 Å². The SMILES string of the molecule is O=C(N[C@H](Cc1ccc(O)cc1)C(=O)[O-])c1ccco1. The molecule has 0 radical (unpaired) electrons. The minimum Gasteiger partial charge on any atom is -0.548 e. The Bertz CT molecular complexity index is 589. The van der Waals surface area contributed by atoms with Gasteiger partial charge >= 0.3 is 0 Å². The fraction of sp³-hybridized carbons (Fsp3) is 0.143. The first-order valence-corrected chi connectivity index (χ1v) is 5.89. The van der Waals surface area contributed by atoms with E-state index in [0.29, 0.717) is 5.56 Å². The van der Waals surface area contributed by atoms with E-state index in [2.05, 4.69) is 5.32 Å². The number of hydrogen-bond acceptors (Lipinski definition) is 5. The summed E-state index contributed by atoms with van der Waals surface area (Å²) in [7, 11) is 0. The lowest BCUT2D eigenvalue weighted by molar-refractivity contribution is -0.308. The average molecular weight is 274 g/mol. The van der Waals surface area contributed by atoms with E-state index in [1.54, 1.807) is 12.1 Å². The van der Waals surface area contributed by atoms with Gasteiger partial charge in [0.2, 0.25) is 0 Å². The van der Waals surface area contributed by atoms with E-state index in [1.807, 2.05) is 0 Å². The van der Waals surface area contributed by atoms with Crippen LogP contribution in [0.1, 0.15) is 16.1 Å². The molecule has 1 aromatic heterocycles. The highest BCUT2D eigenvalue weighted by Crippen LogP contribution is 2.11.